The Kier molecular flexibility index (Phi) is 11.6. The normalized spacial score (nSPS) is 12.5. The molecule has 9 rings (SSSR count). The second-order valence-electron chi connectivity index (χ2n) is 14.4. The molecule has 0 saturated carbocycles. The smallest absolute Gasteiger partial charge is 0.227 e. The topological polar surface area (TPSA) is 128 Å². The second-order valence-corrected chi connectivity index (χ2v) is 14.4. The molecule has 0 aliphatic rings. The van der Waals surface area contributed by atoms with Gasteiger partial charge in [0.1, 0.15) is 35.0 Å². The van der Waals surface area contributed by atoms with Crippen LogP contribution in [0.1, 0.15) is 55.6 Å². The van der Waals surface area contributed by atoms with Gasteiger partial charge in [-0.3, -0.25) is 0 Å². The molecule has 9 aromatic rings. The number of aromatic amines is 2. The highest BCUT2D eigenvalue weighted by molar-refractivity contribution is 5.93. The summed E-state index contributed by atoms with van der Waals surface area (Å²) in [6.45, 7) is 6.39. The van der Waals surface area contributed by atoms with Crippen molar-refractivity contribution in [3.63, 3.8) is 0 Å². The third-order valence-electron chi connectivity index (χ3n) is 10.3. The van der Waals surface area contributed by atoms with Gasteiger partial charge < -0.3 is 30.7 Å². The lowest BCUT2D eigenvalue weighted by Gasteiger charge is -2.18. The summed E-state index contributed by atoms with van der Waals surface area (Å²) in [4.78, 5) is 25.4. The summed E-state index contributed by atoms with van der Waals surface area (Å²) >= 11 is 0. The van der Waals surface area contributed by atoms with Crippen molar-refractivity contribution < 1.29 is 4.74 Å². The molecule has 59 heavy (non-hydrogen) atoms. The van der Waals surface area contributed by atoms with Crippen molar-refractivity contribution in [3.05, 3.63) is 181 Å². The Labute approximate surface area is 344 Å². The number of ether oxygens (including phenoxy) is 1. The number of hydrogen-bond acceptors (Lipinski definition) is 8. The number of benzene rings is 5. The highest BCUT2D eigenvalue weighted by Crippen LogP contribution is 2.32. The molecule has 5 aromatic carbocycles. The first-order chi connectivity index (χ1) is 28.9. The zero-order valence-electron chi connectivity index (χ0n) is 33.5. The predicted molar refractivity (Wildman–Crippen MR) is 241 cm³/mol. The van der Waals surface area contributed by atoms with E-state index in [1.54, 1.807) is 13.4 Å². The zero-order chi connectivity index (χ0) is 40.6. The van der Waals surface area contributed by atoms with Gasteiger partial charge in [0.2, 0.25) is 5.95 Å². The fourth-order valence-corrected chi connectivity index (χ4v) is 7.02. The van der Waals surface area contributed by atoms with Crippen LogP contribution in [-0.2, 0) is 0 Å². The molecule has 0 unspecified atom stereocenters. The Morgan fingerprint density at radius 3 is 1.47 bits per heavy atom. The Morgan fingerprint density at radius 2 is 0.932 bits per heavy atom. The number of nitrogens with one attached hydrogen (secondary N) is 5. The lowest BCUT2D eigenvalue weighted by molar-refractivity contribution is 0.415. The number of rotatable bonds is 12. The first kappa shape index (κ1) is 38.4. The van der Waals surface area contributed by atoms with Crippen LogP contribution in [0.2, 0.25) is 0 Å². The van der Waals surface area contributed by atoms with Gasteiger partial charge in [-0.2, -0.15) is 9.97 Å². The number of methoxy groups -OCH3 is 1. The molecule has 0 aliphatic carbocycles. The minimum Gasteiger partial charge on any atom is -0.497 e. The molecule has 3 atom stereocenters. The summed E-state index contributed by atoms with van der Waals surface area (Å²) in [7, 11) is 1.67. The highest BCUT2D eigenvalue weighted by Gasteiger charge is 2.17. The van der Waals surface area contributed by atoms with Crippen molar-refractivity contribution in [1.82, 2.24) is 29.9 Å². The van der Waals surface area contributed by atoms with Gasteiger partial charge in [0.15, 0.2) is 0 Å². The van der Waals surface area contributed by atoms with Crippen LogP contribution in [0.4, 0.5) is 17.6 Å². The van der Waals surface area contributed by atoms with Gasteiger partial charge in [-0.1, -0.05) is 121 Å². The standard InChI is InChI=1S/C28H27N5.C21H20N4O/c1-19(21-12-6-3-7-13-21)29-26-24-18-25(23-16-10-5-11-17-23)31-27(24)33-28(32-26)30-20(2)22-14-8-4-9-15-22;1-14(15-6-4-3-5-7-15)24-20-18-12-19(25-21(18)23-13-22-20)16-8-10-17(26-2)11-9-16/h3-20H,1-2H3,(H3,29,30,31,32,33);3-14H,1-2H3,(H2,22,23,24,25)/t19-,20+;14-/m00/s1. The van der Waals surface area contributed by atoms with Crippen LogP contribution in [0.25, 0.3) is 44.6 Å². The van der Waals surface area contributed by atoms with Gasteiger partial charge in [0.25, 0.3) is 0 Å². The van der Waals surface area contributed by atoms with E-state index < -0.39 is 0 Å². The molecule has 10 heteroatoms. The van der Waals surface area contributed by atoms with Crippen LogP contribution in [0, 0.1) is 0 Å². The van der Waals surface area contributed by atoms with Gasteiger partial charge in [0.05, 0.1) is 23.9 Å². The van der Waals surface area contributed by atoms with E-state index in [1.807, 2.05) is 84.9 Å². The minimum absolute atomic E-state index is 0.0756. The molecule has 0 bridgehead atoms. The van der Waals surface area contributed by atoms with Crippen LogP contribution >= 0.6 is 0 Å². The zero-order valence-corrected chi connectivity index (χ0v) is 33.5. The van der Waals surface area contributed by atoms with Crippen LogP contribution in [-0.4, -0.2) is 37.0 Å². The molecule has 0 amide bonds. The van der Waals surface area contributed by atoms with Gasteiger partial charge in [-0.25, -0.2) is 9.97 Å². The van der Waals surface area contributed by atoms with E-state index in [0.717, 1.165) is 62.0 Å². The molecule has 0 radical (unpaired) electrons. The number of nitrogens with zero attached hydrogens (tertiary/aromatic N) is 4. The van der Waals surface area contributed by atoms with E-state index in [2.05, 4.69) is 129 Å². The van der Waals surface area contributed by atoms with E-state index >= 15 is 0 Å². The summed E-state index contributed by atoms with van der Waals surface area (Å²) < 4.78 is 5.23. The van der Waals surface area contributed by atoms with Gasteiger partial charge in [-0.15, -0.1) is 0 Å². The third-order valence-corrected chi connectivity index (χ3v) is 10.3. The lowest BCUT2D eigenvalue weighted by Crippen LogP contribution is -2.13. The van der Waals surface area contributed by atoms with Crippen molar-refractivity contribution in [2.24, 2.45) is 0 Å². The monoisotopic (exact) mass is 777 g/mol. The number of hydrogen-bond donors (Lipinski definition) is 5. The minimum atomic E-state index is 0.0756. The summed E-state index contributed by atoms with van der Waals surface area (Å²) in [5, 5.41) is 12.5. The molecular weight excluding hydrogens is 731 g/mol. The van der Waals surface area contributed by atoms with Gasteiger partial charge in [0, 0.05) is 23.5 Å². The van der Waals surface area contributed by atoms with Gasteiger partial charge >= 0.3 is 0 Å². The van der Waals surface area contributed by atoms with Crippen molar-refractivity contribution in [2.45, 2.75) is 38.9 Å². The van der Waals surface area contributed by atoms with E-state index in [9.17, 15) is 0 Å². The second kappa shape index (κ2) is 17.8. The highest BCUT2D eigenvalue weighted by atomic mass is 16.5. The fraction of sp³-hybridized carbons (Fsp3) is 0.143. The molecule has 4 aromatic heterocycles. The summed E-state index contributed by atoms with van der Waals surface area (Å²) in [6, 6.07) is 53.8. The molecule has 0 aliphatic heterocycles. The summed E-state index contributed by atoms with van der Waals surface area (Å²) in [5.74, 6) is 3.05. The molecule has 5 N–H and O–H groups in total. The Hall–Kier alpha value is -7.46. The number of anilines is 3. The van der Waals surface area contributed by atoms with Crippen molar-refractivity contribution in [3.8, 4) is 28.3 Å². The van der Waals surface area contributed by atoms with Crippen molar-refractivity contribution in [2.75, 3.05) is 23.1 Å². The van der Waals surface area contributed by atoms with Crippen LogP contribution in [0.15, 0.2) is 164 Å². The SMILES string of the molecule is COc1ccc(-c2cc3c(N[C@@H](C)c4ccccc4)ncnc3[nH]2)cc1.C[C@H](Nc1nc(N[C@H](C)c2ccccc2)nc2[nH]c(-c3ccccc3)cc12)c1ccccc1. The quantitative estimate of drug-likeness (QED) is 0.0829. The summed E-state index contributed by atoms with van der Waals surface area (Å²) in [5.41, 5.74) is 9.42. The number of aromatic nitrogens is 6. The largest absolute Gasteiger partial charge is 0.497 e. The maximum absolute atomic E-state index is 5.23. The Bertz CT molecular complexity index is 2720. The van der Waals surface area contributed by atoms with Crippen molar-refractivity contribution in [1.29, 1.82) is 0 Å². The average Bonchev–Trinajstić information content (AvgIpc) is 3.94. The van der Waals surface area contributed by atoms with Gasteiger partial charge in [-0.05, 0) is 85.0 Å². The van der Waals surface area contributed by atoms with E-state index in [-0.39, 0.29) is 18.1 Å². The van der Waals surface area contributed by atoms with Crippen molar-refractivity contribution >= 4 is 39.7 Å². The van der Waals surface area contributed by atoms with Crippen LogP contribution < -0.4 is 20.7 Å². The first-order valence-corrected chi connectivity index (χ1v) is 19.8. The third kappa shape index (κ3) is 9.08. The molecule has 294 valence electrons. The van der Waals surface area contributed by atoms with E-state index in [0.29, 0.717) is 5.95 Å². The molecule has 0 fully saturated rings. The lowest BCUT2D eigenvalue weighted by atomic mass is 10.1. The predicted octanol–water partition coefficient (Wildman–Crippen LogP) is 11.8. The first-order valence-electron chi connectivity index (χ1n) is 19.8. The summed E-state index contributed by atoms with van der Waals surface area (Å²) in [6.07, 6.45) is 1.58. The Morgan fingerprint density at radius 1 is 0.475 bits per heavy atom. The molecule has 0 spiro atoms. The van der Waals surface area contributed by atoms with Crippen LogP contribution in [0.5, 0.6) is 5.75 Å². The average molecular weight is 778 g/mol. The van der Waals surface area contributed by atoms with Crippen LogP contribution in [0.3, 0.4) is 0 Å². The molecule has 0 saturated heterocycles. The van der Waals surface area contributed by atoms with E-state index in [1.165, 1.54) is 16.7 Å². The Balaban J connectivity index is 0.000000169. The molecule has 4 heterocycles. The molecule has 10 nitrogen and oxygen atoms in total. The maximum Gasteiger partial charge on any atom is 0.227 e. The fourth-order valence-electron chi connectivity index (χ4n) is 7.02. The molecular formula is C49H47N9O. The van der Waals surface area contributed by atoms with E-state index in [4.69, 9.17) is 14.7 Å². The number of H-pyrrole nitrogens is 2. The maximum atomic E-state index is 5.23. The number of fused-ring (bicyclic) bond motifs is 2.